The smallest absolute Gasteiger partial charge is 0.312 e. The minimum atomic E-state index is -0.499. The van der Waals surface area contributed by atoms with Crippen molar-refractivity contribution in [3.05, 3.63) is 69.8 Å². The molecule has 2 fully saturated rings. The first kappa shape index (κ1) is 35.2. The molecule has 6 unspecified atom stereocenters. The molecule has 0 amide bonds. The molecule has 4 aliphatic carbocycles. The minimum absolute atomic E-state index is 0.0111. The van der Waals surface area contributed by atoms with Gasteiger partial charge in [0, 0.05) is 0 Å². The van der Waals surface area contributed by atoms with Crippen LogP contribution in [0.15, 0.2) is 36.4 Å². The molecule has 262 valence electrons. The highest BCUT2D eigenvalue weighted by atomic mass is 16.6. The second-order valence-electron chi connectivity index (χ2n) is 16.9. The van der Waals surface area contributed by atoms with Crippen LogP contribution in [0.5, 0.6) is 0 Å². The zero-order valence-electron chi connectivity index (χ0n) is 30.8. The number of benzene rings is 2. The van der Waals surface area contributed by atoms with Crippen molar-refractivity contribution < 1.29 is 23.8 Å². The largest absolute Gasteiger partial charge is 0.463 e. The number of hydrogen-bond acceptors (Lipinski definition) is 5. The van der Waals surface area contributed by atoms with E-state index in [1.165, 1.54) is 33.4 Å². The van der Waals surface area contributed by atoms with Gasteiger partial charge in [-0.15, -0.1) is 0 Å². The highest BCUT2D eigenvalue weighted by molar-refractivity contribution is 5.78. The molecule has 0 N–H and O–H groups in total. The van der Waals surface area contributed by atoms with Crippen molar-refractivity contribution in [3.63, 3.8) is 0 Å². The third kappa shape index (κ3) is 6.38. The predicted octanol–water partition coefficient (Wildman–Crippen LogP) is 9.58. The molecule has 4 aliphatic rings. The van der Waals surface area contributed by atoms with Crippen molar-refractivity contribution in [2.75, 3.05) is 26.4 Å². The third-order valence-electron chi connectivity index (χ3n) is 13.4. The lowest BCUT2D eigenvalue weighted by atomic mass is 9.49. The van der Waals surface area contributed by atoms with E-state index in [1.807, 2.05) is 0 Å². The number of fused-ring (bicyclic) bond motifs is 6. The lowest BCUT2D eigenvalue weighted by molar-refractivity contribution is -0.167. The van der Waals surface area contributed by atoms with Gasteiger partial charge >= 0.3 is 11.9 Å². The van der Waals surface area contributed by atoms with E-state index in [9.17, 15) is 9.59 Å². The van der Waals surface area contributed by atoms with Gasteiger partial charge < -0.3 is 14.2 Å². The second kappa shape index (κ2) is 13.9. The van der Waals surface area contributed by atoms with Crippen LogP contribution in [-0.2, 0) is 42.1 Å². The normalized spacial score (nSPS) is 31.0. The number of carbonyl (C=O) groups is 2. The first-order chi connectivity index (χ1) is 22.9. The first-order valence-electron chi connectivity index (χ1n) is 19.1. The molecule has 0 radical (unpaired) electrons. The van der Waals surface area contributed by atoms with Crippen molar-refractivity contribution in [2.45, 2.75) is 136 Å². The highest BCUT2D eigenvalue weighted by Gasteiger charge is 2.56. The van der Waals surface area contributed by atoms with Crippen LogP contribution < -0.4 is 0 Å². The zero-order valence-corrected chi connectivity index (χ0v) is 30.8. The number of hydrogen-bond donors (Lipinski definition) is 0. The Morgan fingerprint density at radius 3 is 2.00 bits per heavy atom. The van der Waals surface area contributed by atoms with Gasteiger partial charge in [0.05, 0.1) is 24.0 Å². The summed E-state index contributed by atoms with van der Waals surface area (Å²) in [7, 11) is 0. The summed E-state index contributed by atoms with van der Waals surface area (Å²) in [5.41, 5.74) is 7.66. The van der Waals surface area contributed by atoms with E-state index in [0.717, 1.165) is 64.2 Å². The van der Waals surface area contributed by atoms with Gasteiger partial charge in [0.2, 0.25) is 0 Å². The lowest BCUT2D eigenvalue weighted by Crippen LogP contribution is -2.53. The average molecular weight is 657 g/mol. The maximum atomic E-state index is 13.7. The molecule has 6 atom stereocenters. The third-order valence-corrected chi connectivity index (χ3v) is 13.4. The molecule has 0 saturated heterocycles. The average Bonchev–Trinajstić information content (AvgIpc) is 3.07. The van der Waals surface area contributed by atoms with E-state index in [-0.39, 0.29) is 36.5 Å². The van der Waals surface area contributed by atoms with Crippen molar-refractivity contribution in [1.29, 1.82) is 0 Å². The van der Waals surface area contributed by atoms with E-state index in [0.29, 0.717) is 36.9 Å². The molecule has 0 bridgehead atoms. The first-order valence-corrected chi connectivity index (χ1v) is 19.1. The van der Waals surface area contributed by atoms with Crippen LogP contribution in [0, 0.1) is 22.7 Å². The number of aryl methyl sites for hydroxylation is 2. The fourth-order valence-electron chi connectivity index (χ4n) is 10.5. The van der Waals surface area contributed by atoms with Crippen molar-refractivity contribution in [2.24, 2.45) is 22.7 Å². The summed E-state index contributed by atoms with van der Waals surface area (Å²) in [5, 5.41) is 0. The van der Waals surface area contributed by atoms with E-state index in [2.05, 4.69) is 84.9 Å². The SMILES string of the molecule is CC(C)c1ccc2c(c1)CCC1C2CCCC1(C)C(=O)OCCOCCOC(=O)C1(C)CCCC2(C)c3ccc(C(C)C)cc3CCC12. The quantitative estimate of drug-likeness (QED) is 0.188. The van der Waals surface area contributed by atoms with Crippen molar-refractivity contribution >= 4 is 11.9 Å². The summed E-state index contributed by atoms with van der Waals surface area (Å²) >= 11 is 0. The van der Waals surface area contributed by atoms with E-state index in [4.69, 9.17) is 14.2 Å². The van der Waals surface area contributed by atoms with Crippen LogP contribution in [0.3, 0.4) is 0 Å². The molecule has 5 heteroatoms. The fraction of sp³-hybridized carbons (Fsp3) is 0.674. The molecular weight excluding hydrogens is 596 g/mol. The fourth-order valence-corrected chi connectivity index (χ4v) is 10.5. The Morgan fingerprint density at radius 2 is 1.31 bits per heavy atom. The predicted molar refractivity (Wildman–Crippen MR) is 191 cm³/mol. The van der Waals surface area contributed by atoms with Crippen molar-refractivity contribution in [1.82, 2.24) is 0 Å². The van der Waals surface area contributed by atoms with Gasteiger partial charge in [-0.25, -0.2) is 0 Å². The van der Waals surface area contributed by atoms with Gasteiger partial charge in [0.15, 0.2) is 0 Å². The summed E-state index contributed by atoms with van der Waals surface area (Å²) in [6, 6.07) is 14.1. The molecule has 6 rings (SSSR count). The number of carbonyl (C=O) groups excluding carboxylic acids is 2. The maximum Gasteiger partial charge on any atom is 0.312 e. The summed E-state index contributed by atoms with van der Waals surface area (Å²) < 4.78 is 17.6. The van der Waals surface area contributed by atoms with Gasteiger partial charge in [0.1, 0.15) is 13.2 Å². The molecule has 2 aromatic carbocycles. The Labute approximate surface area is 289 Å². The molecule has 0 heterocycles. The van der Waals surface area contributed by atoms with Gasteiger partial charge in [-0.2, -0.15) is 0 Å². The van der Waals surface area contributed by atoms with E-state index < -0.39 is 10.8 Å². The monoisotopic (exact) mass is 656 g/mol. The van der Waals surface area contributed by atoms with E-state index in [1.54, 1.807) is 0 Å². The molecule has 5 nitrogen and oxygen atoms in total. The van der Waals surface area contributed by atoms with E-state index >= 15 is 0 Å². The van der Waals surface area contributed by atoms with Gasteiger partial charge in [0.25, 0.3) is 0 Å². The van der Waals surface area contributed by atoms with Crippen LogP contribution in [0.1, 0.15) is 151 Å². The van der Waals surface area contributed by atoms with Gasteiger partial charge in [-0.05, 0) is 134 Å². The molecule has 2 aromatic rings. The minimum Gasteiger partial charge on any atom is -0.463 e. The second-order valence-corrected chi connectivity index (χ2v) is 16.9. The van der Waals surface area contributed by atoms with Crippen LogP contribution in [0.2, 0.25) is 0 Å². The number of esters is 2. The molecule has 0 aromatic heterocycles. The van der Waals surface area contributed by atoms with Crippen LogP contribution in [-0.4, -0.2) is 38.4 Å². The molecule has 48 heavy (non-hydrogen) atoms. The maximum absolute atomic E-state index is 13.7. The molecular formula is C43H60O5. The highest BCUT2D eigenvalue weighted by Crippen LogP contribution is 2.58. The molecule has 0 aliphatic heterocycles. The topological polar surface area (TPSA) is 61.8 Å². The zero-order chi connectivity index (χ0) is 34.3. The van der Waals surface area contributed by atoms with Gasteiger partial charge in [-0.3, -0.25) is 9.59 Å². The Morgan fingerprint density at radius 1 is 0.708 bits per heavy atom. The summed E-state index contributed by atoms with van der Waals surface area (Å²) in [4.78, 5) is 27.2. The van der Waals surface area contributed by atoms with Crippen LogP contribution in [0.25, 0.3) is 0 Å². The Bertz CT molecular complexity index is 1490. The Hall–Kier alpha value is -2.66. The van der Waals surface area contributed by atoms with Gasteiger partial charge in [-0.1, -0.05) is 83.9 Å². The Balaban J connectivity index is 0.967. The van der Waals surface area contributed by atoms with Crippen LogP contribution in [0.4, 0.5) is 0 Å². The summed E-state index contributed by atoms with van der Waals surface area (Å²) in [6.45, 7) is 16.7. The number of rotatable bonds is 10. The number of ether oxygens (including phenoxy) is 3. The van der Waals surface area contributed by atoms with Crippen molar-refractivity contribution in [3.8, 4) is 0 Å². The molecule has 2 saturated carbocycles. The summed E-state index contributed by atoms with van der Waals surface area (Å²) in [6.07, 6.45) is 10.2. The lowest BCUT2D eigenvalue weighted by Gasteiger charge is -2.54. The summed E-state index contributed by atoms with van der Waals surface area (Å²) in [5.74, 6) is 1.87. The Kier molecular flexibility index (Phi) is 10.2. The standard InChI is InChI=1S/C43H60O5/c1-28(2)30-11-15-34-32(26-30)13-17-37-35(34)10-8-19-42(37,6)39(44)47-24-22-46-23-25-48-40(45)43(7)21-9-20-41(5)36-16-12-31(29(3)4)27-33(36)14-18-38(41)43/h11-12,15-16,26-29,35,37-38H,8-10,13-14,17-25H2,1-7H3. The van der Waals surface area contributed by atoms with Crippen LogP contribution >= 0.6 is 0 Å². The molecule has 0 spiro atoms.